The van der Waals surface area contributed by atoms with Gasteiger partial charge in [-0.15, -0.1) is 5.10 Å². The maximum absolute atomic E-state index is 13.0. The zero-order valence-corrected chi connectivity index (χ0v) is 15.4. The first kappa shape index (κ1) is 18.7. The van der Waals surface area contributed by atoms with Gasteiger partial charge < -0.3 is 15.0 Å². The van der Waals surface area contributed by atoms with Crippen molar-refractivity contribution in [3.05, 3.63) is 54.4 Å². The summed E-state index contributed by atoms with van der Waals surface area (Å²) in [5.41, 5.74) is 1.05. The van der Waals surface area contributed by atoms with Crippen LogP contribution in [-0.2, 0) is 16.1 Å². The molecule has 3 aromatic rings. The molecule has 0 atom stereocenters. The van der Waals surface area contributed by atoms with Crippen LogP contribution in [0.15, 0.2) is 42.9 Å². The van der Waals surface area contributed by atoms with E-state index in [2.05, 4.69) is 20.6 Å². The number of amides is 2. The number of rotatable bonds is 5. The predicted molar refractivity (Wildman–Crippen MR) is 98.9 cm³/mol. The standard InChI is InChI=1S/C18H18FN7O3/c19-13-1-3-15(4-2-13)26-21-10-16(23-26)18(28)22-14-9-20-25(11-14)12-17(27)24-5-7-29-8-6-24/h1-4,9-11H,5-8,12H2,(H,22,28). The summed E-state index contributed by atoms with van der Waals surface area (Å²) in [6.07, 6.45) is 4.33. The summed E-state index contributed by atoms with van der Waals surface area (Å²) in [5.74, 6) is -0.906. The molecule has 29 heavy (non-hydrogen) atoms. The van der Waals surface area contributed by atoms with Crippen LogP contribution >= 0.6 is 0 Å². The molecule has 11 heteroatoms. The monoisotopic (exact) mass is 399 g/mol. The minimum atomic E-state index is -0.475. The topological polar surface area (TPSA) is 107 Å². The van der Waals surface area contributed by atoms with Gasteiger partial charge >= 0.3 is 0 Å². The minimum absolute atomic E-state index is 0.0588. The highest BCUT2D eigenvalue weighted by molar-refractivity contribution is 6.02. The first-order valence-corrected chi connectivity index (χ1v) is 8.96. The number of anilines is 1. The lowest BCUT2D eigenvalue weighted by Crippen LogP contribution is -2.42. The first-order valence-electron chi connectivity index (χ1n) is 8.96. The minimum Gasteiger partial charge on any atom is -0.378 e. The van der Waals surface area contributed by atoms with E-state index in [4.69, 9.17) is 4.74 Å². The maximum Gasteiger partial charge on any atom is 0.277 e. The molecule has 1 aliphatic rings. The molecule has 2 aromatic heterocycles. The number of ether oxygens (including phenoxy) is 1. The Morgan fingerprint density at radius 2 is 1.86 bits per heavy atom. The molecular weight excluding hydrogens is 381 g/mol. The third-order valence-electron chi connectivity index (χ3n) is 4.33. The third-order valence-corrected chi connectivity index (χ3v) is 4.33. The lowest BCUT2D eigenvalue weighted by atomic mass is 10.3. The van der Waals surface area contributed by atoms with Crippen LogP contribution in [0, 0.1) is 5.82 Å². The van der Waals surface area contributed by atoms with Crippen LogP contribution in [-0.4, -0.2) is 67.8 Å². The van der Waals surface area contributed by atoms with Gasteiger partial charge in [0.15, 0.2) is 5.69 Å². The summed E-state index contributed by atoms with van der Waals surface area (Å²) < 4.78 is 19.7. The average Bonchev–Trinajstić information content (AvgIpc) is 3.39. The molecular formula is C18H18FN7O3. The van der Waals surface area contributed by atoms with Gasteiger partial charge in [-0.1, -0.05) is 0 Å². The summed E-state index contributed by atoms with van der Waals surface area (Å²) in [5, 5.41) is 14.9. The Morgan fingerprint density at radius 1 is 1.10 bits per heavy atom. The number of halogens is 1. The Labute approximate surface area is 164 Å². The molecule has 1 aliphatic heterocycles. The number of aromatic nitrogens is 5. The van der Waals surface area contributed by atoms with Crippen LogP contribution in [0.5, 0.6) is 0 Å². The quantitative estimate of drug-likeness (QED) is 0.677. The highest BCUT2D eigenvalue weighted by atomic mass is 19.1. The molecule has 0 aliphatic carbocycles. The van der Waals surface area contributed by atoms with E-state index < -0.39 is 5.91 Å². The number of nitrogens with zero attached hydrogens (tertiary/aromatic N) is 6. The Balaban J connectivity index is 1.36. The summed E-state index contributed by atoms with van der Waals surface area (Å²) in [6.45, 7) is 2.27. The van der Waals surface area contributed by atoms with E-state index in [0.29, 0.717) is 37.7 Å². The van der Waals surface area contributed by atoms with Crippen molar-refractivity contribution in [1.29, 1.82) is 0 Å². The molecule has 0 bridgehead atoms. The largest absolute Gasteiger partial charge is 0.378 e. The van der Waals surface area contributed by atoms with Gasteiger partial charge in [-0.3, -0.25) is 14.3 Å². The fourth-order valence-corrected chi connectivity index (χ4v) is 2.83. The highest BCUT2D eigenvalue weighted by Gasteiger charge is 2.18. The smallest absolute Gasteiger partial charge is 0.277 e. The normalized spacial score (nSPS) is 14.0. The van der Waals surface area contributed by atoms with E-state index in [1.165, 1.54) is 46.1 Å². The number of carbonyl (C=O) groups is 2. The van der Waals surface area contributed by atoms with Crippen LogP contribution in [0.3, 0.4) is 0 Å². The van der Waals surface area contributed by atoms with Gasteiger partial charge in [-0.05, 0) is 24.3 Å². The molecule has 4 rings (SSSR count). The highest BCUT2D eigenvalue weighted by Crippen LogP contribution is 2.10. The molecule has 0 spiro atoms. The van der Waals surface area contributed by atoms with Gasteiger partial charge in [0, 0.05) is 19.3 Å². The molecule has 10 nitrogen and oxygen atoms in total. The van der Waals surface area contributed by atoms with Crippen molar-refractivity contribution in [2.24, 2.45) is 0 Å². The van der Waals surface area contributed by atoms with Crippen molar-refractivity contribution in [1.82, 2.24) is 29.7 Å². The van der Waals surface area contributed by atoms with Gasteiger partial charge in [0.25, 0.3) is 5.91 Å². The van der Waals surface area contributed by atoms with Crippen molar-refractivity contribution in [2.75, 3.05) is 31.6 Å². The number of morpholine rings is 1. The Bertz CT molecular complexity index is 1010. The molecule has 150 valence electrons. The van der Waals surface area contributed by atoms with Crippen molar-refractivity contribution in [3.63, 3.8) is 0 Å². The van der Waals surface area contributed by atoms with E-state index in [1.54, 1.807) is 11.1 Å². The molecule has 3 heterocycles. The molecule has 2 amide bonds. The van der Waals surface area contributed by atoms with Crippen molar-refractivity contribution < 1.29 is 18.7 Å². The Kier molecular flexibility index (Phi) is 5.29. The number of hydrogen-bond acceptors (Lipinski definition) is 6. The van der Waals surface area contributed by atoms with E-state index in [9.17, 15) is 14.0 Å². The molecule has 1 aromatic carbocycles. The molecule has 1 fully saturated rings. The van der Waals surface area contributed by atoms with Gasteiger partial charge in [0.1, 0.15) is 12.4 Å². The van der Waals surface area contributed by atoms with Gasteiger partial charge in [0.2, 0.25) is 5.91 Å². The molecule has 0 radical (unpaired) electrons. The second-order valence-corrected chi connectivity index (χ2v) is 6.37. The summed E-state index contributed by atoms with van der Waals surface area (Å²) in [4.78, 5) is 27.6. The van der Waals surface area contributed by atoms with Crippen molar-refractivity contribution >= 4 is 17.5 Å². The predicted octanol–water partition coefficient (Wildman–Crippen LogP) is 0.714. The van der Waals surface area contributed by atoms with Gasteiger partial charge in [-0.25, -0.2) is 4.39 Å². The molecule has 0 saturated carbocycles. The van der Waals surface area contributed by atoms with Crippen molar-refractivity contribution in [2.45, 2.75) is 6.54 Å². The number of hydrogen-bond donors (Lipinski definition) is 1. The van der Waals surface area contributed by atoms with Crippen LogP contribution in [0.1, 0.15) is 10.5 Å². The molecule has 0 unspecified atom stereocenters. The van der Waals surface area contributed by atoms with E-state index in [0.717, 1.165) is 0 Å². The third kappa shape index (κ3) is 4.46. The number of carbonyl (C=O) groups excluding carboxylic acids is 2. The van der Waals surface area contributed by atoms with Gasteiger partial charge in [0.05, 0.1) is 37.0 Å². The fourth-order valence-electron chi connectivity index (χ4n) is 2.83. The Hall–Kier alpha value is -3.60. The van der Waals surface area contributed by atoms with Crippen LogP contribution in [0.25, 0.3) is 5.69 Å². The maximum atomic E-state index is 13.0. The Morgan fingerprint density at radius 3 is 2.62 bits per heavy atom. The van der Waals surface area contributed by atoms with Crippen LogP contribution in [0.4, 0.5) is 10.1 Å². The number of nitrogens with one attached hydrogen (secondary N) is 1. The second-order valence-electron chi connectivity index (χ2n) is 6.37. The zero-order chi connectivity index (χ0) is 20.2. The molecule has 1 saturated heterocycles. The SMILES string of the molecule is O=C(Nc1cnn(CC(=O)N2CCOCC2)c1)c1cnn(-c2ccc(F)cc2)n1. The lowest BCUT2D eigenvalue weighted by molar-refractivity contribution is -0.136. The zero-order valence-electron chi connectivity index (χ0n) is 15.4. The van der Waals surface area contributed by atoms with E-state index in [1.807, 2.05) is 0 Å². The van der Waals surface area contributed by atoms with E-state index in [-0.39, 0.29) is 24.0 Å². The average molecular weight is 399 g/mol. The summed E-state index contributed by atoms with van der Waals surface area (Å²) in [6, 6.07) is 5.58. The summed E-state index contributed by atoms with van der Waals surface area (Å²) >= 11 is 0. The van der Waals surface area contributed by atoms with E-state index >= 15 is 0 Å². The van der Waals surface area contributed by atoms with Gasteiger partial charge in [-0.2, -0.15) is 15.0 Å². The number of benzene rings is 1. The fraction of sp³-hybridized carbons (Fsp3) is 0.278. The van der Waals surface area contributed by atoms with Crippen LogP contribution in [0.2, 0.25) is 0 Å². The first-order chi connectivity index (χ1) is 14.1. The molecule has 1 N–H and O–H groups in total. The summed E-state index contributed by atoms with van der Waals surface area (Å²) in [7, 11) is 0. The second kappa shape index (κ2) is 8.19. The lowest BCUT2D eigenvalue weighted by Gasteiger charge is -2.26. The van der Waals surface area contributed by atoms with Crippen LogP contribution < -0.4 is 5.32 Å². The van der Waals surface area contributed by atoms with Crippen molar-refractivity contribution in [3.8, 4) is 5.69 Å².